The Bertz CT molecular complexity index is 463. The van der Waals surface area contributed by atoms with E-state index in [4.69, 9.17) is 4.74 Å². The van der Waals surface area contributed by atoms with Crippen molar-refractivity contribution in [3.63, 3.8) is 0 Å². The molecule has 80 valence electrons. The van der Waals surface area contributed by atoms with Gasteiger partial charge in [-0.2, -0.15) is 0 Å². The number of carbonyl (C=O) groups is 1. The Kier molecular flexibility index (Phi) is 3.27. The molecule has 0 aliphatic heterocycles. The van der Waals surface area contributed by atoms with Crippen LogP contribution in [-0.2, 0) is 4.74 Å². The summed E-state index contributed by atoms with van der Waals surface area (Å²) in [5, 5.41) is 5.68. The van der Waals surface area contributed by atoms with Gasteiger partial charge in [-0.3, -0.25) is 0 Å². The highest BCUT2D eigenvalue weighted by Crippen LogP contribution is 2.27. The summed E-state index contributed by atoms with van der Waals surface area (Å²) in [5.41, 5.74) is 0.598. The lowest BCUT2D eigenvalue weighted by molar-refractivity contribution is 0.0503. The van der Waals surface area contributed by atoms with E-state index in [1.54, 1.807) is 5.38 Å². The topological polar surface area (TPSA) is 52.1 Å². The lowest BCUT2D eigenvalue weighted by Crippen LogP contribution is -2.04. The SMILES string of the molecule is CCCCOC(=O)c1csc2nnsc12. The molecule has 0 unspecified atom stereocenters. The van der Waals surface area contributed by atoms with Crippen LogP contribution in [0.2, 0.25) is 0 Å². The van der Waals surface area contributed by atoms with Crippen molar-refractivity contribution in [3.8, 4) is 0 Å². The van der Waals surface area contributed by atoms with E-state index in [1.165, 1.54) is 22.9 Å². The molecule has 2 heterocycles. The number of fused-ring (bicyclic) bond motifs is 1. The Labute approximate surface area is 95.0 Å². The molecule has 0 aliphatic carbocycles. The zero-order valence-corrected chi connectivity index (χ0v) is 9.86. The van der Waals surface area contributed by atoms with Crippen LogP contribution in [-0.4, -0.2) is 22.2 Å². The van der Waals surface area contributed by atoms with Gasteiger partial charge in [0.15, 0.2) is 4.83 Å². The lowest BCUT2D eigenvalue weighted by atomic mass is 10.3. The van der Waals surface area contributed by atoms with Crippen LogP contribution >= 0.6 is 22.9 Å². The Morgan fingerprint density at radius 3 is 3.27 bits per heavy atom. The Hall–Kier alpha value is -1.01. The van der Waals surface area contributed by atoms with Crippen molar-refractivity contribution in [1.29, 1.82) is 0 Å². The van der Waals surface area contributed by atoms with Crippen LogP contribution < -0.4 is 0 Å². The van der Waals surface area contributed by atoms with Gasteiger partial charge < -0.3 is 4.74 Å². The van der Waals surface area contributed by atoms with E-state index in [2.05, 4.69) is 16.5 Å². The molecule has 2 aromatic rings. The van der Waals surface area contributed by atoms with Crippen molar-refractivity contribution in [3.05, 3.63) is 10.9 Å². The van der Waals surface area contributed by atoms with Crippen LogP contribution in [0.3, 0.4) is 0 Å². The van der Waals surface area contributed by atoms with Crippen LogP contribution in [0.1, 0.15) is 30.1 Å². The zero-order chi connectivity index (χ0) is 10.7. The maximum atomic E-state index is 11.6. The molecule has 0 amide bonds. The second kappa shape index (κ2) is 4.67. The van der Waals surface area contributed by atoms with Crippen molar-refractivity contribution < 1.29 is 9.53 Å². The van der Waals surface area contributed by atoms with Gasteiger partial charge in [0.1, 0.15) is 4.70 Å². The number of carbonyl (C=O) groups excluding carboxylic acids is 1. The number of hydrogen-bond acceptors (Lipinski definition) is 6. The van der Waals surface area contributed by atoms with Crippen LogP contribution in [0.5, 0.6) is 0 Å². The molecular weight excluding hydrogens is 232 g/mol. The second-order valence-electron chi connectivity index (χ2n) is 3.05. The first-order chi connectivity index (χ1) is 7.33. The first kappa shape index (κ1) is 10.5. The molecule has 4 nitrogen and oxygen atoms in total. The third-order valence-corrected chi connectivity index (χ3v) is 3.69. The minimum atomic E-state index is -0.263. The molecule has 2 aromatic heterocycles. The summed E-state index contributed by atoms with van der Waals surface area (Å²) in [7, 11) is 0. The fraction of sp³-hybridized carbons (Fsp3) is 0.444. The van der Waals surface area contributed by atoms with Crippen molar-refractivity contribution >= 4 is 38.4 Å². The van der Waals surface area contributed by atoms with Crippen molar-refractivity contribution in [1.82, 2.24) is 9.59 Å². The van der Waals surface area contributed by atoms with Gasteiger partial charge in [0.25, 0.3) is 0 Å². The number of aromatic nitrogens is 2. The Morgan fingerprint density at radius 1 is 1.60 bits per heavy atom. The molecular formula is C9H10N2O2S2. The zero-order valence-electron chi connectivity index (χ0n) is 8.23. The molecule has 0 fully saturated rings. The fourth-order valence-electron chi connectivity index (χ4n) is 1.12. The van der Waals surface area contributed by atoms with Crippen molar-refractivity contribution in [2.24, 2.45) is 0 Å². The van der Waals surface area contributed by atoms with E-state index < -0.39 is 0 Å². The summed E-state index contributed by atoms with van der Waals surface area (Å²) in [4.78, 5) is 12.4. The summed E-state index contributed by atoms with van der Waals surface area (Å²) in [6.45, 7) is 2.54. The molecule has 15 heavy (non-hydrogen) atoms. The number of rotatable bonds is 4. The number of ether oxygens (including phenoxy) is 1. The second-order valence-corrected chi connectivity index (χ2v) is 4.66. The molecule has 0 bridgehead atoms. The standard InChI is InChI=1S/C9H10N2O2S2/c1-2-3-4-13-9(12)6-5-14-8-7(6)15-11-10-8/h5H,2-4H2,1H3. The number of unbranched alkanes of at least 4 members (excludes halogenated alkanes) is 1. The fourth-order valence-corrected chi connectivity index (χ4v) is 2.81. The first-order valence-electron chi connectivity index (χ1n) is 4.69. The highest BCUT2D eigenvalue weighted by molar-refractivity contribution is 7.24. The molecule has 0 atom stereocenters. The maximum Gasteiger partial charge on any atom is 0.340 e. The first-order valence-corrected chi connectivity index (χ1v) is 6.35. The smallest absolute Gasteiger partial charge is 0.340 e. The van der Waals surface area contributed by atoms with E-state index in [1.807, 2.05) is 0 Å². The minimum absolute atomic E-state index is 0.263. The Balaban J connectivity index is 2.10. The summed E-state index contributed by atoms with van der Waals surface area (Å²) in [5.74, 6) is -0.263. The number of nitrogens with zero attached hydrogens (tertiary/aromatic N) is 2. The molecule has 0 saturated heterocycles. The van der Waals surface area contributed by atoms with Crippen molar-refractivity contribution in [2.75, 3.05) is 6.61 Å². The van der Waals surface area contributed by atoms with Crippen LogP contribution in [0.4, 0.5) is 0 Å². The molecule has 0 N–H and O–H groups in total. The van der Waals surface area contributed by atoms with Crippen LogP contribution in [0.15, 0.2) is 5.38 Å². The molecule has 2 rings (SSSR count). The lowest BCUT2D eigenvalue weighted by Gasteiger charge is -2.00. The molecule has 0 aliphatic rings. The van der Waals surface area contributed by atoms with Crippen LogP contribution in [0, 0.1) is 0 Å². The number of hydrogen-bond donors (Lipinski definition) is 0. The Morgan fingerprint density at radius 2 is 2.47 bits per heavy atom. The summed E-state index contributed by atoms with van der Waals surface area (Å²) < 4.78 is 9.75. The molecule has 0 aromatic carbocycles. The summed E-state index contributed by atoms with van der Waals surface area (Å²) in [6.07, 6.45) is 1.93. The highest BCUT2D eigenvalue weighted by Gasteiger charge is 2.15. The third-order valence-electron chi connectivity index (χ3n) is 1.94. The van der Waals surface area contributed by atoms with Crippen LogP contribution in [0.25, 0.3) is 9.53 Å². The summed E-state index contributed by atoms with van der Waals surface area (Å²) in [6, 6.07) is 0. The summed E-state index contributed by atoms with van der Waals surface area (Å²) >= 11 is 2.66. The van der Waals surface area contributed by atoms with E-state index in [-0.39, 0.29) is 5.97 Å². The average Bonchev–Trinajstić information content (AvgIpc) is 2.78. The maximum absolute atomic E-state index is 11.6. The molecule has 0 radical (unpaired) electrons. The van der Waals surface area contributed by atoms with Gasteiger partial charge in [-0.05, 0) is 18.0 Å². The highest BCUT2D eigenvalue weighted by atomic mass is 32.1. The van der Waals surface area contributed by atoms with Gasteiger partial charge >= 0.3 is 5.97 Å². The van der Waals surface area contributed by atoms with Gasteiger partial charge in [0.2, 0.25) is 0 Å². The van der Waals surface area contributed by atoms with Gasteiger partial charge in [-0.15, -0.1) is 16.4 Å². The molecule has 0 saturated carbocycles. The van der Waals surface area contributed by atoms with E-state index in [0.717, 1.165) is 22.4 Å². The van der Waals surface area contributed by atoms with E-state index in [9.17, 15) is 4.79 Å². The number of thiophene rings is 1. The quantitative estimate of drug-likeness (QED) is 0.611. The van der Waals surface area contributed by atoms with Gasteiger partial charge in [0, 0.05) is 5.38 Å². The van der Waals surface area contributed by atoms with E-state index in [0.29, 0.717) is 12.2 Å². The van der Waals surface area contributed by atoms with Gasteiger partial charge in [0.05, 0.1) is 12.2 Å². The largest absolute Gasteiger partial charge is 0.462 e. The average molecular weight is 242 g/mol. The van der Waals surface area contributed by atoms with Crippen molar-refractivity contribution in [2.45, 2.75) is 19.8 Å². The molecule has 6 heteroatoms. The van der Waals surface area contributed by atoms with Gasteiger partial charge in [-0.25, -0.2) is 4.79 Å². The third kappa shape index (κ3) is 2.15. The van der Waals surface area contributed by atoms with Gasteiger partial charge in [-0.1, -0.05) is 17.8 Å². The van der Waals surface area contributed by atoms with E-state index >= 15 is 0 Å². The predicted octanol–water partition coefficient (Wildman–Crippen LogP) is 2.71. The minimum Gasteiger partial charge on any atom is -0.462 e. The monoisotopic (exact) mass is 242 g/mol. The predicted molar refractivity (Wildman–Crippen MR) is 60.5 cm³/mol. The number of esters is 1. The molecule has 0 spiro atoms. The normalized spacial score (nSPS) is 10.7.